The molecule has 0 amide bonds. The zero-order chi connectivity index (χ0) is 9.73. The first kappa shape index (κ1) is 11.0. The van der Waals surface area contributed by atoms with Gasteiger partial charge in [0.25, 0.3) is 0 Å². The lowest BCUT2D eigenvalue weighted by Gasteiger charge is -2.36. The van der Waals surface area contributed by atoms with Crippen molar-refractivity contribution in [2.24, 2.45) is 0 Å². The summed E-state index contributed by atoms with van der Waals surface area (Å²) in [5.41, 5.74) is -0.443. The first-order chi connectivity index (χ1) is 6.16. The van der Waals surface area contributed by atoms with Gasteiger partial charge in [-0.25, -0.2) is 0 Å². The smallest absolute Gasteiger partial charge is 0.0795 e. The fraction of sp³-hybridized carbons (Fsp3) is 1.00. The molecule has 0 aromatic carbocycles. The van der Waals surface area contributed by atoms with E-state index >= 15 is 0 Å². The highest BCUT2D eigenvalue weighted by Gasteiger charge is 2.30. The van der Waals surface area contributed by atoms with Gasteiger partial charge in [0.05, 0.1) is 5.60 Å². The van der Waals surface area contributed by atoms with Crippen molar-refractivity contribution in [1.82, 2.24) is 10.2 Å². The molecule has 13 heavy (non-hydrogen) atoms. The van der Waals surface area contributed by atoms with Crippen molar-refractivity contribution in [2.75, 3.05) is 33.2 Å². The quantitative estimate of drug-likeness (QED) is 0.626. The SMILES string of the molecule is CCCNCC1(O)CCN(C)CC1. The standard InChI is InChI=1S/C10H22N2O/c1-3-6-11-9-10(13)4-7-12(2)8-5-10/h11,13H,3-9H2,1-2H3. The summed E-state index contributed by atoms with van der Waals surface area (Å²) in [6.07, 6.45) is 2.94. The third kappa shape index (κ3) is 3.63. The van der Waals surface area contributed by atoms with E-state index in [1.807, 2.05) is 0 Å². The second-order valence-corrected chi connectivity index (χ2v) is 4.20. The van der Waals surface area contributed by atoms with Gasteiger partial charge in [-0.2, -0.15) is 0 Å². The molecule has 1 heterocycles. The highest BCUT2D eigenvalue weighted by atomic mass is 16.3. The van der Waals surface area contributed by atoms with Crippen LogP contribution in [0.2, 0.25) is 0 Å². The maximum atomic E-state index is 10.1. The van der Waals surface area contributed by atoms with Gasteiger partial charge in [-0.05, 0) is 32.9 Å². The minimum atomic E-state index is -0.443. The summed E-state index contributed by atoms with van der Waals surface area (Å²) in [7, 11) is 2.11. The Bertz CT molecular complexity index is 142. The number of hydrogen-bond acceptors (Lipinski definition) is 3. The molecule has 2 N–H and O–H groups in total. The molecule has 0 aromatic heterocycles. The maximum Gasteiger partial charge on any atom is 0.0795 e. The van der Waals surface area contributed by atoms with E-state index in [0.29, 0.717) is 0 Å². The fourth-order valence-electron chi connectivity index (χ4n) is 1.71. The molecule has 1 aliphatic heterocycles. The number of aliphatic hydroxyl groups is 1. The van der Waals surface area contributed by atoms with Crippen LogP contribution in [-0.4, -0.2) is 48.8 Å². The number of likely N-dealkylation sites (tertiary alicyclic amines) is 1. The van der Waals surface area contributed by atoms with Crippen LogP contribution >= 0.6 is 0 Å². The largest absolute Gasteiger partial charge is 0.388 e. The van der Waals surface area contributed by atoms with Gasteiger partial charge in [-0.15, -0.1) is 0 Å². The lowest BCUT2D eigenvalue weighted by Crippen LogP contribution is -2.49. The molecule has 0 atom stereocenters. The number of rotatable bonds is 4. The van der Waals surface area contributed by atoms with E-state index in [1.165, 1.54) is 0 Å². The van der Waals surface area contributed by atoms with Crippen molar-refractivity contribution in [2.45, 2.75) is 31.8 Å². The minimum Gasteiger partial charge on any atom is -0.388 e. The van der Waals surface area contributed by atoms with Crippen molar-refractivity contribution < 1.29 is 5.11 Å². The molecule has 1 rings (SSSR count). The molecule has 0 aliphatic carbocycles. The van der Waals surface area contributed by atoms with E-state index in [1.54, 1.807) is 0 Å². The summed E-state index contributed by atoms with van der Waals surface area (Å²) >= 11 is 0. The molecule has 3 heteroatoms. The molecule has 0 spiro atoms. The Morgan fingerprint density at radius 2 is 2.00 bits per heavy atom. The van der Waals surface area contributed by atoms with Crippen molar-refractivity contribution in [3.8, 4) is 0 Å². The highest BCUT2D eigenvalue weighted by Crippen LogP contribution is 2.20. The van der Waals surface area contributed by atoms with Gasteiger partial charge >= 0.3 is 0 Å². The van der Waals surface area contributed by atoms with Gasteiger partial charge in [-0.3, -0.25) is 0 Å². The predicted octanol–water partition coefficient (Wildman–Crippen LogP) is 0.443. The average molecular weight is 186 g/mol. The zero-order valence-electron chi connectivity index (χ0n) is 8.84. The van der Waals surface area contributed by atoms with Crippen LogP contribution in [0.15, 0.2) is 0 Å². The third-order valence-corrected chi connectivity index (χ3v) is 2.80. The molecular weight excluding hydrogens is 164 g/mol. The first-order valence-electron chi connectivity index (χ1n) is 5.28. The van der Waals surface area contributed by atoms with Gasteiger partial charge in [0.15, 0.2) is 0 Å². The number of piperidine rings is 1. The van der Waals surface area contributed by atoms with Gasteiger partial charge in [0.1, 0.15) is 0 Å². The molecule has 1 fully saturated rings. The van der Waals surface area contributed by atoms with Crippen LogP contribution in [0.4, 0.5) is 0 Å². The van der Waals surface area contributed by atoms with Gasteiger partial charge in [0, 0.05) is 19.6 Å². The van der Waals surface area contributed by atoms with Gasteiger partial charge in [0.2, 0.25) is 0 Å². The molecular formula is C10H22N2O. The Morgan fingerprint density at radius 3 is 2.54 bits per heavy atom. The molecule has 0 saturated carbocycles. The van der Waals surface area contributed by atoms with E-state index in [9.17, 15) is 5.11 Å². The summed E-state index contributed by atoms with van der Waals surface area (Å²) < 4.78 is 0. The lowest BCUT2D eigenvalue weighted by atomic mass is 9.91. The first-order valence-corrected chi connectivity index (χ1v) is 5.28. The highest BCUT2D eigenvalue weighted by molar-refractivity contribution is 4.86. The average Bonchev–Trinajstić information content (AvgIpc) is 2.12. The monoisotopic (exact) mass is 186 g/mol. The van der Waals surface area contributed by atoms with Gasteiger partial charge < -0.3 is 15.3 Å². The van der Waals surface area contributed by atoms with Crippen molar-refractivity contribution >= 4 is 0 Å². The Kier molecular flexibility index (Phi) is 4.16. The lowest BCUT2D eigenvalue weighted by molar-refractivity contribution is -0.0141. The molecule has 0 bridgehead atoms. The van der Waals surface area contributed by atoms with Crippen LogP contribution in [0.1, 0.15) is 26.2 Å². The summed E-state index contributed by atoms with van der Waals surface area (Å²) in [5.74, 6) is 0. The number of nitrogens with zero attached hydrogens (tertiary/aromatic N) is 1. The predicted molar refractivity (Wildman–Crippen MR) is 54.8 cm³/mol. The van der Waals surface area contributed by atoms with E-state index in [0.717, 1.165) is 45.4 Å². The summed E-state index contributed by atoms with van der Waals surface area (Å²) in [6, 6.07) is 0. The minimum absolute atomic E-state index is 0.443. The fourth-order valence-corrected chi connectivity index (χ4v) is 1.71. The van der Waals surface area contributed by atoms with Crippen LogP contribution in [0.3, 0.4) is 0 Å². The van der Waals surface area contributed by atoms with Crippen molar-refractivity contribution in [3.63, 3.8) is 0 Å². The van der Waals surface area contributed by atoms with Crippen molar-refractivity contribution in [3.05, 3.63) is 0 Å². The van der Waals surface area contributed by atoms with Crippen LogP contribution in [0, 0.1) is 0 Å². The number of nitrogens with one attached hydrogen (secondary N) is 1. The maximum absolute atomic E-state index is 10.1. The van der Waals surface area contributed by atoms with Crippen molar-refractivity contribution in [1.29, 1.82) is 0 Å². The summed E-state index contributed by atoms with van der Waals surface area (Å²) in [6.45, 7) is 5.95. The van der Waals surface area contributed by atoms with Crippen LogP contribution < -0.4 is 5.32 Å². The Labute approximate surface area is 81.1 Å². The van der Waals surface area contributed by atoms with Crippen LogP contribution in [-0.2, 0) is 0 Å². The van der Waals surface area contributed by atoms with E-state index in [2.05, 4.69) is 24.2 Å². The molecule has 1 saturated heterocycles. The number of hydrogen-bond donors (Lipinski definition) is 2. The molecule has 78 valence electrons. The third-order valence-electron chi connectivity index (χ3n) is 2.80. The Hall–Kier alpha value is -0.120. The summed E-state index contributed by atoms with van der Waals surface area (Å²) in [4.78, 5) is 2.27. The van der Waals surface area contributed by atoms with E-state index in [-0.39, 0.29) is 0 Å². The second-order valence-electron chi connectivity index (χ2n) is 4.20. The van der Waals surface area contributed by atoms with Crippen LogP contribution in [0.5, 0.6) is 0 Å². The van der Waals surface area contributed by atoms with E-state index < -0.39 is 5.60 Å². The zero-order valence-corrected chi connectivity index (χ0v) is 8.84. The molecule has 0 aromatic rings. The summed E-state index contributed by atoms with van der Waals surface area (Å²) in [5, 5.41) is 13.4. The Morgan fingerprint density at radius 1 is 1.38 bits per heavy atom. The molecule has 0 radical (unpaired) electrons. The van der Waals surface area contributed by atoms with Gasteiger partial charge in [-0.1, -0.05) is 6.92 Å². The topological polar surface area (TPSA) is 35.5 Å². The second kappa shape index (κ2) is 4.94. The Balaban J connectivity index is 2.22. The normalized spacial score (nSPS) is 23.3. The molecule has 3 nitrogen and oxygen atoms in total. The molecule has 1 aliphatic rings. The van der Waals surface area contributed by atoms with E-state index in [4.69, 9.17) is 0 Å². The molecule has 0 unspecified atom stereocenters. The van der Waals surface area contributed by atoms with Crippen LogP contribution in [0.25, 0.3) is 0 Å².